The molecule has 1 saturated heterocycles. The van der Waals surface area contributed by atoms with Gasteiger partial charge in [-0.3, -0.25) is 15.5 Å². The minimum Gasteiger partial charge on any atom is -0.431 e. The third-order valence-electron chi connectivity index (χ3n) is 5.47. The van der Waals surface area contributed by atoms with Crippen molar-refractivity contribution in [1.29, 1.82) is 5.41 Å². The number of piperidine rings is 1. The summed E-state index contributed by atoms with van der Waals surface area (Å²) in [5.41, 5.74) is 2.53. The lowest BCUT2D eigenvalue weighted by Crippen LogP contribution is -2.34. The van der Waals surface area contributed by atoms with E-state index in [0.717, 1.165) is 31.5 Å². The molecule has 3 aromatic rings. The van der Waals surface area contributed by atoms with E-state index in [1.54, 1.807) is 60.7 Å². The fraction of sp³-hybridized carbons (Fsp3) is 0.192. The molecule has 0 saturated carbocycles. The van der Waals surface area contributed by atoms with Gasteiger partial charge in [0.15, 0.2) is 0 Å². The number of amidine groups is 1. The monoisotopic (exact) mass is 476 g/mol. The van der Waals surface area contributed by atoms with Crippen molar-refractivity contribution in [3.63, 3.8) is 0 Å². The van der Waals surface area contributed by atoms with Gasteiger partial charge in [-0.2, -0.15) is 0 Å². The first-order valence-electron chi connectivity index (χ1n) is 11.0. The van der Waals surface area contributed by atoms with E-state index in [0.29, 0.717) is 27.8 Å². The maximum atomic E-state index is 13.1. The molecule has 2 amide bonds. The Labute approximate surface area is 203 Å². The molecule has 3 N–H and O–H groups in total. The summed E-state index contributed by atoms with van der Waals surface area (Å²) in [6, 6.07) is 22.7. The van der Waals surface area contributed by atoms with Crippen LogP contribution in [0.4, 0.5) is 21.9 Å². The predicted molar refractivity (Wildman–Crippen MR) is 135 cm³/mol. The number of ether oxygens (including phenoxy) is 1. The highest BCUT2D eigenvalue weighted by Crippen LogP contribution is 2.25. The average Bonchev–Trinajstić information content (AvgIpc) is 2.85. The van der Waals surface area contributed by atoms with Gasteiger partial charge in [-0.1, -0.05) is 41.9 Å². The van der Waals surface area contributed by atoms with Gasteiger partial charge in [-0.25, -0.2) is 4.79 Å². The molecule has 34 heavy (non-hydrogen) atoms. The van der Waals surface area contributed by atoms with Gasteiger partial charge in [0, 0.05) is 40.6 Å². The first-order valence-corrected chi connectivity index (χ1v) is 11.4. The highest BCUT2D eigenvalue weighted by Gasteiger charge is 2.25. The van der Waals surface area contributed by atoms with Gasteiger partial charge in [0.1, 0.15) is 5.84 Å². The number of carbonyl (C=O) groups excluding carboxylic acids is 2. The van der Waals surface area contributed by atoms with E-state index in [1.807, 2.05) is 23.1 Å². The average molecular weight is 477 g/mol. The Kier molecular flexibility index (Phi) is 7.44. The second kappa shape index (κ2) is 10.9. The maximum absolute atomic E-state index is 13.1. The van der Waals surface area contributed by atoms with Crippen molar-refractivity contribution < 1.29 is 14.3 Å². The third-order valence-corrected chi connectivity index (χ3v) is 5.73. The van der Waals surface area contributed by atoms with Crippen LogP contribution in [0.1, 0.15) is 30.9 Å². The first kappa shape index (κ1) is 23.3. The van der Waals surface area contributed by atoms with Crippen LogP contribution in [0.5, 0.6) is 0 Å². The fourth-order valence-corrected chi connectivity index (χ4v) is 3.86. The van der Waals surface area contributed by atoms with E-state index in [9.17, 15) is 9.59 Å². The second-order valence-corrected chi connectivity index (χ2v) is 8.36. The lowest BCUT2D eigenvalue weighted by Gasteiger charge is -2.29. The summed E-state index contributed by atoms with van der Waals surface area (Å²) >= 11 is 5.88. The lowest BCUT2D eigenvalue weighted by molar-refractivity contribution is -0.124. The minimum absolute atomic E-state index is 0.476. The van der Waals surface area contributed by atoms with Gasteiger partial charge in [-0.05, 0) is 61.4 Å². The topological polar surface area (TPSA) is 94.5 Å². The Hall–Kier alpha value is -3.84. The van der Waals surface area contributed by atoms with Crippen LogP contribution >= 0.6 is 11.6 Å². The van der Waals surface area contributed by atoms with Crippen molar-refractivity contribution in [2.75, 3.05) is 22.1 Å². The van der Waals surface area contributed by atoms with Crippen molar-refractivity contribution in [3.05, 3.63) is 89.4 Å². The molecular weight excluding hydrogens is 452 g/mol. The second-order valence-electron chi connectivity index (χ2n) is 7.92. The van der Waals surface area contributed by atoms with E-state index in [1.165, 1.54) is 0 Å². The zero-order valence-corrected chi connectivity index (χ0v) is 19.2. The van der Waals surface area contributed by atoms with Crippen molar-refractivity contribution in [2.24, 2.45) is 0 Å². The van der Waals surface area contributed by atoms with Gasteiger partial charge >= 0.3 is 6.09 Å². The molecule has 4 rings (SSSR count). The molecule has 7 nitrogen and oxygen atoms in total. The van der Waals surface area contributed by atoms with Gasteiger partial charge in [-0.15, -0.1) is 0 Å². The predicted octanol–water partition coefficient (Wildman–Crippen LogP) is 6.24. The highest BCUT2D eigenvalue weighted by atomic mass is 35.5. The van der Waals surface area contributed by atoms with Crippen molar-refractivity contribution >= 4 is 46.5 Å². The molecule has 1 aliphatic rings. The summed E-state index contributed by atoms with van der Waals surface area (Å²) in [7, 11) is 0. The zero-order valence-electron chi connectivity index (χ0n) is 18.5. The number of halogens is 1. The summed E-state index contributed by atoms with van der Waals surface area (Å²) < 4.78 is 5.51. The highest BCUT2D eigenvalue weighted by molar-refractivity contribution is 6.30. The number of anilines is 3. The van der Waals surface area contributed by atoms with Gasteiger partial charge in [0.25, 0.3) is 5.91 Å². The molecule has 0 bridgehead atoms. The number of amides is 2. The number of nitrogens with one attached hydrogen (secondary N) is 3. The Bertz CT molecular complexity index is 1150. The van der Waals surface area contributed by atoms with E-state index < -0.39 is 18.1 Å². The smallest absolute Gasteiger partial charge is 0.412 e. The quantitative estimate of drug-likeness (QED) is 0.392. The standard InChI is InChI=1S/C26H25ClN4O3/c27-19-9-11-21(12-10-19)30-26(33)34-24(18-6-2-1-3-7-18)25(32)29-20-13-15-22(16-14-20)31-17-5-4-8-23(31)28/h1-3,6-7,9-16,24,28H,4-5,8,17H2,(H,29,32)(H,30,33). The van der Waals surface area contributed by atoms with Crippen LogP contribution in [0.3, 0.4) is 0 Å². The van der Waals surface area contributed by atoms with Crippen LogP contribution in [-0.4, -0.2) is 24.4 Å². The Morgan fingerprint density at radius 2 is 1.53 bits per heavy atom. The molecule has 1 unspecified atom stereocenters. The van der Waals surface area contributed by atoms with Gasteiger partial charge in [0.05, 0.1) is 0 Å². The van der Waals surface area contributed by atoms with Crippen LogP contribution in [0.25, 0.3) is 0 Å². The SMILES string of the molecule is N=C1CCCCN1c1ccc(NC(=O)C(OC(=O)Nc2ccc(Cl)cc2)c2ccccc2)cc1. The molecule has 1 heterocycles. The molecule has 1 atom stereocenters. The van der Waals surface area contributed by atoms with E-state index >= 15 is 0 Å². The Morgan fingerprint density at radius 1 is 0.882 bits per heavy atom. The zero-order chi connectivity index (χ0) is 23.9. The fourth-order valence-electron chi connectivity index (χ4n) is 3.74. The lowest BCUT2D eigenvalue weighted by atomic mass is 10.1. The van der Waals surface area contributed by atoms with Crippen LogP contribution < -0.4 is 15.5 Å². The van der Waals surface area contributed by atoms with E-state index in [2.05, 4.69) is 10.6 Å². The molecular formula is C26H25ClN4O3. The van der Waals surface area contributed by atoms with Gasteiger partial charge < -0.3 is 15.0 Å². The Morgan fingerprint density at radius 3 is 2.21 bits per heavy atom. The van der Waals surface area contributed by atoms with Crippen LogP contribution in [-0.2, 0) is 9.53 Å². The Balaban J connectivity index is 1.45. The summed E-state index contributed by atoms with van der Waals surface area (Å²) in [6.45, 7) is 0.817. The van der Waals surface area contributed by atoms with Crippen LogP contribution in [0.2, 0.25) is 5.02 Å². The molecule has 0 aliphatic carbocycles. The molecule has 0 aromatic heterocycles. The van der Waals surface area contributed by atoms with Crippen LogP contribution in [0.15, 0.2) is 78.9 Å². The van der Waals surface area contributed by atoms with E-state index in [-0.39, 0.29) is 0 Å². The number of nitrogens with zero attached hydrogens (tertiary/aromatic N) is 1. The summed E-state index contributed by atoms with van der Waals surface area (Å²) in [6.07, 6.45) is 0.950. The van der Waals surface area contributed by atoms with Crippen LogP contribution in [0, 0.1) is 5.41 Å². The molecule has 174 valence electrons. The third kappa shape index (κ3) is 5.94. The number of benzene rings is 3. The van der Waals surface area contributed by atoms with E-state index in [4.69, 9.17) is 21.7 Å². The molecule has 3 aromatic carbocycles. The molecule has 8 heteroatoms. The number of hydrogen-bond donors (Lipinski definition) is 3. The van der Waals surface area contributed by atoms with Crippen molar-refractivity contribution in [1.82, 2.24) is 0 Å². The number of carbonyl (C=O) groups is 2. The molecule has 1 aliphatic heterocycles. The van der Waals surface area contributed by atoms with Gasteiger partial charge in [0.2, 0.25) is 6.10 Å². The molecule has 1 fully saturated rings. The maximum Gasteiger partial charge on any atom is 0.412 e. The summed E-state index contributed by atoms with van der Waals surface area (Å²) in [5, 5.41) is 14.1. The first-order chi connectivity index (χ1) is 16.5. The summed E-state index contributed by atoms with van der Waals surface area (Å²) in [5.74, 6) is 0.128. The summed E-state index contributed by atoms with van der Waals surface area (Å²) in [4.78, 5) is 27.6. The molecule has 0 radical (unpaired) electrons. The minimum atomic E-state index is -1.15. The normalized spacial score (nSPS) is 14.3. The van der Waals surface area contributed by atoms with Crippen molar-refractivity contribution in [3.8, 4) is 0 Å². The molecule has 0 spiro atoms. The largest absolute Gasteiger partial charge is 0.431 e. The van der Waals surface area contributed by atoms with Crippen molar-refractivity contribution in [2.45, 2.75) is 25.4 Å². The number of rotatable bonds is 6. The number of hydrogen-bond acceptors (Lipinski definition) is 4.